The molecular formula is C11H11NO5. The summed E-state index contributed by atoms with van der Waals surface area (Å²) in [6.07, 6.45) is -1.23. The predicted molar refractivity (Wildman–Crippen MR) is 59.6 cm³/mol. The fourth-order valence-electron chi connectivity index (χ4n) is 1.55. The van der Waals surface area contributed by atoms with E-state index in [1.807, 2.05) is 0 Å². The second-order valence-corrected chi connectivity index (χ2v) is 3.58. The molecule has 0 saturated heterocycles. The Morgan fingerprint density at radius 3 is 2.94 bits per heavy atom. The highest BCUT2D eigenvalue weighted by atomic mass is 16.6. The van der Waals surface area contributed by atoms with Gasteiger partial charge in [0.05, 0.1) is 7.11 Å². The Morgan fingerprint density at radius 1 is 1.53 bits per heavy atom. The highest BCUT2D eigenvalue weighted by Gasteiger charge is 2.18. The number of benzene rings is 1. The van der Waals surface area contributed by atoms with Crippen LogP contribution in [0.5, 0.6) is 5.75 Å². The van der Waals surface area contributed by atoms with Crippen molar-refractivity contribution in [2.45, 2.75) is 6.10 Å². The van der Waals surface area contributed by atoms with Gasteiger partial charge in [-0.1, -0.05) is 0 Å². The van der Waals surface area contributed by atoms with Crippen molar-refractivity contribution in [3.05, 3.63) is 40.1 Å². The molecule has 6 nitrogen and oxygen atoms in total. The summed E-state index contributed by atoms with van der Waals surface area (Å²) in [4.78, 5) is 9.70. The Balaban J connectivity index is 2.33. The predicted octanol–water partition coefficient (Wildman–Crippen LogP) is 1.75. The smallest absolute Gasteiger partial charge is 0.236 e. The van der Waals surface area contributed by atoms with Gasteiger partial charge in [0.25, 0.3) is 0 Å². The van der Waals surface area contributed by atoms with E-state index in [1.54, 1.807) is 24.3 Å². The lowest BCUT2D eigenvalue weighted by molar-refractivity contribution is -0.492. The fourth-order valence-corrected chi connectivity index (χ4v) is 1.55. The van der Waals surface area contributed by atoms with Crippen LogP contribution in [0.2, 0.25) is 0 Å². The highest BCUT2D eigenvalue weighted by molar-refractivity contribution is 5.79. The van der Waals surface area contributed by atoms with Gasteiger partial charge in [-0.3, -0.25) is 10.1 Å². The quantitative estimate of drug-likeness (QED) is 0.646. The van der Waals surface area contributed by atoms with Crippen LogP contribution < -0.4 is 4.74 Å². The fraction of sp³-hybridized carbons (Fsp3) is 0.273. The first-order valence-electron chi connectivity index (χ1n) is 4.97. The van der Waals surface area contributed by atoms with E-state index >= 15 is 0 Å². The summed E-state index contributed by atoms with van der Waals surface area (Å²) in [6.45, 7) is -0.572. The van der Waals surface area contributed by atoms with Crippen LogP contribution >= 0.6 is 0 Å². The van der Waals surface area contributed by atoms with Crippen LogP contribution in [0.25, 0.3) is 11.0 Å². The molecular weight excluding hydrogens is 226 g/mol. The zero-order valence-electron chi connectivity index (χ0n) is 9.12. The van der Waals surface area contributed by atoms with Crippen molar-refractivity contribution in [2.75, 3.05) is 13.7 Å². The average Bonchev–Trinajstić information content (AvgIpc) is 2.70. The van der Waals surface area contributed by atoms with Gasteiger partial charge in [-0.15, -0.1) is 0 Å². The van der Waals surface area contributed by atoms with Gasteiger partial charge >= 0.3 is 0 Å². The van der Waals surface area contributed by atoms with Gasteiger partial charge in [0.15, 0.2) is 6.10 Å². The number of furan rings is 1. The third kappa shape index (κ3) is 2.36. The minimum absolute atomic E-state index is 0.185. The van der Waals surface area contributed by atoms with Crippen molar-refractivity contribution < 1.29 is 19.2 Å². The number of hydrogen-bond acceptors (Lipinski definition) is 5. The van der Waals surface area contributed by atoms with E-state index in [-0.39, 0.29) is 5.76 Å². The number of rotatable bonds is 4. The van der Waals surface area contributed by atoms with Crippen LogP contribution in [0.4, 0.5) is 0 Å². The summed E-state index contributed by atoms with van der Waals surface area (Å²) in [6, 6.07) is 6.77. The van der Waals surface area contributed by atoms with Gasteiger partial charge in [-0.05, 0) is 18.2 Å². The Kier molecular flexibility index (Phi) is 2.97. The van der Waals surface area contributed by atoms with E-state index in [9.17, 15) is 15.2 Å². The average molecular weight is 237 g/mol. The maximum Gasteiger partial charge on any atom is 0.236 e. The van der Waals surface area contributed by atoms with Gasteiger partial charge in [-0.25, -0.2) is 0 Å². The van der Waals surface area contributed by atoms with Gasteiger partial charge in [0.2, 0.25) is 6.54 Å². The van der Waals surface area contributed by atoms with Crippen LogP contribution in [0.15, 0.2) is 28.7 Å². The van der Waals surface area contributed by atoms with Crippen LogP contribution in [-0.2, 0) is 0 Å². The minimum Gasteiger partial charge on any atom is -0.497 e. The van der Waals surface area contributed by atoms with Crippen molar-refractivity contribution >= 4 is 11.0 Å². The molecule has 0 unspecified atom stereocenters. The lowest BCUT2D eigenvalue weighted by Gasteiger charge is -2.00. The van der Waals surface area contributed by atoms with Gasteiger partial charge in [-0.2, -0.15) is 0 Å². The molecule has 0 amide bonds. The summed E-state index contributed by atoms with van der Waals surface area (Å²) in [7, 11) is 1.53. The first-order valence-corrected chi connectivity index (χ1v) is 4.97. The number of hydrogen-bond donors (Lipinski definition) is 1. The summed E-state index contributed by atoms with van der Waals surface area (Å²) < 4.78 is 10.4. The lowest BCUT2D eigenvalue weighted by Crippen LogP contribution is -2.10. The summed E-state index contributed by atoms with van der Waals surface area (Å²) in [5, 5.41) is 20.6. The normalized spacial score (nSPS) is 12.6. The molecule has 6 heteroatoms. The molecule has 0 aliphatic carbocycles. The summed E-state index contributed by atoms with van der Waals surface area (Å²) >= 11 is 0. The molecule has 1 heterocycles. The molecule has 2 aromatic rings. The molecule has 1 aromatic heterocycles. The van der Waals surface area contributed by atoms with Gasteiger partial charge in [0.1, 0.15) is 17.1 Å². The van der Waals surface area contributed by atoms with Crippen LogP contribution in [0.1, 0.15) is 11.9 Å². The van der Waals surface area contributed by atoms with Crippen molar-refractivity contribution in [1.82, 2.24) is 0 Å². The van der Waals surface area contributed by atoms with Crippen molar-refractivity contribution in [1.29, 1.82) is 0 Å². The molecule has 2 rings (SSSR count). The first-order chi connectivity index (χ1) is 8.10. The maximum absolute atomic E-state index is 10.3. The number of ether oxygens (including phenoxy) is 1. The number of nitrogens with zero attached hydrogens (tertiary/aromatic N) is 1. The van der Waals surface area contributed by atoms with Crippen molar-refractivity contribution in [2.24, 2.45) is 0 Å². The largest absolute Gasteiger partial charge is 0.497 e. The molecule has 0 spiro atoms. The molecule has 1 atom stereocenters. The molecule has 1 aromatic carbocycles. The molecule has 1 N–H and O–H groups in total. The van der Waals surface area contributed by atoms with Gasteiger partial charge in [0, 0.05) is 16.4 Å². The maximum atomic E-state index is 10.3. The summed E-state index contributed by atoms with van der Waals surface area (Å²) in [5.74, 6) is 0.812. The molecule has 17 heavy (non-hydrogen) atoms. The van der Waals surface area contributed by atoms with E-state index in [2.05, 4.69) is 0 Å². The Morgan fingerprint density at radius 2 is 2.29 bits per heavy atom. The van der Waals surface area contributed by atoms with Crippen molar-refractivity contribution in [3.63, 3.8) is 0 Å². The molecule has 0 saturated carbocycles. The van der Waals surface area contributed by atoms with E-state index in [1.165, 1.54) is 7.11 Å². The van der Waals surface area contributed by atoms with Crippen LogP contribution in [0, 0.1) is 10.1 Å². The Bertz CT molecular complexity index is 548. The molecule has 0 bridgehead atoms. The number of nitro groups is 1. The highest BCUT2D eigenvalue weighted by Crippen LogP contribution is 2.27. The molecule has 0 aliphatic rings. The van der Waals surface area contributed by atoms with E-state index in [0.717, 1.165) is 5.39 Å². The molecule has 0 radical (unpaired) electrons. The minimum atomic E-state index is -1.23. The molecule has 0 aliphatic heterocycles. The molecule has 0 fully saturated rings. The summed E-state index contributed by atoms with van der Waals surface area (Å²) in [5.41, 5.74) is 0.529. The first kappa shape index (κ1) is 11.4. The standard InChI is InChI=1S/C11H11NO5/c1-16-8-3-2-7-4-11(17-10(7)5-8)9(13)6-12(14)15/h2-5,9,13H,6H2,1H3/t9-/m0/s1. The van der Waals surface area contributed by atoms with E-state index < -0.39 is 17.6 Å². The second-order valence-electron chi connectivity index (χ2n) is 3.58. The Labute approximate surface area is 96.6 Å². The zero-order valence-corrected chi connectivity index (χ0v) is 9.12. The van der Waals surface area contributed by atoms with Crippen LogP contribution in [-0.4, -0.2) is 23.7 Å². The lowest BCUT2D eigenvalue weighted by atomic mass is 10.2. The number of aliphatic hydroxyl groups is 1. The van der Waals surface area contributed by atoms with Crippen LogP contribution in [0.3, 0.4) is 0 Å². The molecule has 90 valence electrons. The topological polar surface area (TPSA) is 85.7 Å². The third-order valence-corrected chi connectivity index (χ3v) is 2.40. The van der Waals surface area contributed by atoms with Crippen molar-refractivity contribution in [3.8, 4) is 5.75 Å². The van der Waals surface area contributed by atoms with E-state index in [4.69, 9.17) is 9.15 Å². The monoisotopic (exact) mass is 237 g/mol. The number of fused-ring (bicyclic) bond motifs is 1. The van der Waals surface area contributed by atoms with Gasteiger partial charge < -0.3 is 14.3 Å². The number of aliphatic hydroxyl groups excluding tert-OH is 1. The third-order valence-electron chi connectivity index (χ3n) is 2.40. The Hall–Kier alpha value is -2.08. The number of methoxy groups -OCH3 is 1. The zero-order chi connectivity index (χ0) is 12.4. The second kappa shape index (κ2) is 4.42. The van der Waals surface area contributed by atoms with E-state index in [0.29, 0.717) is 11.3 Å². The SMILES string of the molecule is COc1ccc2cc([C@@H](O)C[N+](=O)[O-])oc2c1.